The fraction of sp³-hybridized carbons (Fsp3) is 0.100. The Bertz CT molecular complexity index is 456. The maximum atomic E-state index is 10.6. The van der Waals surface area contributed by atoms with E-state index in [0.29, 0.717) is 17.2 Å². The van der Waals surface area contributed by atoms with E-state index in [-0.39, 0.29) is 5.56 Å². The third kappa shape index (κ3) is 2.66. The van der Waals surface area contributed by atoms with Crippen molar-refractivity contribution < 1.29 is 14.8 Å². The first-order valence-electron chi connectivity index (χ1n) is 4.29. The normalized spacial score (nSPS) is 10.6. The van der Waals surface area contributed by atoms with Crippen LogP contribution in [0.3, 0.4) is 0 Å². The third-order valence-electron chi connectivity index (χ3n) is 1.86. The topological polar surface area (TPSA) is 80.4 Å². The Kier molecular flexibility index (Phi) is 4.19. The number of phenolic OH excluding ortho intramolecular Hbond substituents is 1. The van der Waals surface area contributed by atoms with Gasteiger partial charge in [-0.05, 0) is 11.6 Å². The number of nitro groups is 1. The zero-order chi connectivity index (χ0) is 12.1. The van der Waals surface area contributed by atoms with E-state index in [9.17, 15) is 20.0 Å². The van der Waals surface area contributed by atoms with E-state index in [4.69, 9.17) is 0 Å². The van der Waals surface area contributed by atoms with Crippen LogP contribution in [0.25, 0.3) is 6.08 Å². The molecule has 0 amide bonds. The molecule has 0 aliphatic heterocycles. The molecule has 1 aromatic rings. The second kappa shape index (κ2) is 5.41. The number of nitrogens with zero attached hydrogens (tertiary/aromatic N) is 1. The molecule has 1 aromatic carbocycles. The van der Waals surface area contributed by atoms with Gasteiger partial charge in [-0.15, -0.1) is 0 Å². The van der Waals surface area contributed by atoms with Gasteiger partial charge in [0.15, 0.2) is 6.29 Å². The highest BCUT2D eigenvalue weighted by Gasteiger charge is 2.17. The second-order valence-electron chi connectivity index (χ2n) is 2.91. The SMILES string of the molecule is O=Cc1cc(C=CCBr)cc([N+](=O)[O-])c1O. The number of aromatic hydroxyl groups is 1. The van der Waals surface area contributed by atoms with E-state index >= 15 is 0 Å². The minimum absolute atomic E-state index is 0.0941. The molecule has 0 fully saturated rings. The first-order chi connectivity index (χ1) is 7.60. The fourth-order valence-electron chi connectivity index (χ4n) is 1.17. The van der Waals surface area contributed by atoms with E-state index in [1.807, 2.05) is 0 Å². The lowest BCUT2D eigenvalue weighted by atomic mass is 10.1. The molecule has 0 radical (unpaired) electrons. The van der Waals surface area contributed by atoms with Crippen molar-refractivity contribution >= 4 is 34.0 Å². The summed E-state index contributed by atoms with van der Waals surface area (Å²) in [5, 5.41) is 20.6. The maximum Gasteiger partial charge on any atom is 0.312 e. The zero-order valence-corrected chi connectivity index (χ0v) is 9.68. The van der Waals surface area contributed by atoms with E-state index < -0.39 is 16.4 Å². The highest BCUT2D eigenvalue weighted by molar-refractivity contribution is 9.09. The van der Waals surface area contributed by atoms with Gasteiger partial charge in [-0.1, -0.05) is 28.1 Å². The number of phenols is 1. The summed E-state index contributed by atoms with van der Waals surface area (Å²) >= 11 is 3.16. The molecule has 0 saturated carbocycles. The molecule has 6 heteroatoms. The average molecular weight is 286 g/mol. The number of aldehydes is 1. The van der Waals surface area contributed by atoms with Crippen LogP contribution in [0.1, 0.15) is 15.9 Å². The molecule has 0 heterocycles. The van der Waals surface area contributed by atoms with Gasteiger partial charge >= 0.3 is 5.69 Å². The molecule has 84 valence electrons. The van der Waals surface area contributed by atoms with Crippen molar-refractivity contribution in [1.82, 2.24) is 0 Å². The fourth-order valence-corrected chi connectivity index (χ4v) is 1.36. The van der Waals surface area contributed by atoms with Gasteiger partial charge in [0, 0.05) is 11.4 Å². The van der Waals surface area contributed by atoms with Crippen molar-refractivity contribution in [3.05, 3.63) is 39.4 Å². The number of nitro benzene ring substituents is 1. The Morgan fingerprint density at radius 3 is 2.69 bits per heavy atom. The second-order valence-corrected chi connectivity index (χ2v) is 3.56. The van der Waals surface area contributed by atoms with Crippen LogP contribution >= 0.6 is 15.9 Å². The first kappa shape index (κ1) is 12.4. The van der Waals surface area contributed by atoms with Gasteiger partial charge in [-0.25, -0.2) is 0 Å². The van der Waals surface area contributed by atoms with E-state index in [1.165, 1.54) is 12.1 Å². The zero-order valence-electron chi connectivity index (χ0n) is 8.09. The summed E-state index contributed by atoms with van der Waals surface area (Å²) in [7, 11) is 0. The lowest BCUT2D eigenvalue weighted by molar-refractivity contribution is -0.385. The van der Waals surface area contributed by atoms with E-state index in [2.05, 4.69) is 15.9 Å². The monoisotopic (exact) mass is 285 g/mol. The summed E-state index contributed by atoms with van der Waals surface area (Å²) < 4.78 is 0. The molecule has 0 unspecified atom stereocenters. The van der Waals surface area contributed by atoms with E-state index in [0.717, 1.165) is 0 Å². The summed E-state index contributed by atoms with van der Waals surface area (Å²) in [5.74, 6) is -0.601. The van der Waals surface area contributed by atoms with Crippen LogP contribution in [-0.4, -0.2) is 21.6 Å². The highest BCUT2D eigenvalue weighted by atomic mass is 79.9. The Labute approximate surface area is 99.7 Å². The molecule has 0 spiro atoms. The summed E-state index contributed by atoms with van der Waals surface area (Å²) in [6, 6.07) is 2.59. The van der Waals surface area contributed by atoms with Crippen LogP contribution in [0.2, 0.25) is 0 Å². The predicted molar refractivity (Wildman–Crippen MR) is 63.0 cm³/mol. The minimum atomic E-state index is -0.728. The minimum Gasteiger partial charge on any atom is -0.502 e. The highest BCUT2D eigenvalue weighted by Crippen LogP contribution is 2.30. The van der Waals surface area contributed by atoms with Crippen LogP contribution < -0.4 is 0 Å². The molecule has 1 rings (SSSR count). The summed E-state index contributed by atoms with van der Waals surface area (Å²) in [6.07, 6.45) is 3.73. The first-order valence-corrected chi connectivity index (χ1v) is 5.41. The van der Waals surface area contributed by atoms with Crippen molar-refractivity contribution in [1.29, 1.82) is 0 Å². The molecule has 16 heavy (non-hydrogen) atoms. The van der Waals surface area contributed by atoms with Crippen LogP contribution in [-0.2, 0) is 0 Å². The van der Waals surface area contributed by atoms with Crippen molar-refractivity contribution in [3.63, 3.8) is 0 Å². The van der Waals surface area contributed by atoms with Crippen LogP contribution in [0.5, 0.6) is 5.75 Å². The number of hydrogen-bond acceptors (Lipinski definition) is 4. The number of rotatable bonds is 4. The average Bonchev–Trinajstić information content (AvgIpc) is 2.27. The van der Waals surface area contributed by atoms with Crippen LogP contribution in [0, 0.1) is 10.1 Å². The van der Waals surface area contributed by atoms with Gasteiger partial charge in [-0.3, -0.25) is 14.9 Å². The number of carbonyl (C=O) groups excluding carboxylic acids is 1. The summed E-state index contributed by atoms with van der Waals surface area (Å²) in [4.78, 5) is 20.5. The third-order valence-corrected chi connectivity index (χ3v) is 2.24. The lowest BCUT2D eigenvalue weighted by Crippen LogP contribution is -1.93. The Morgan fingerprint density at radius 1 is 1.50 bits per heavy atom. The van der Waals surface area contributed by atoms with Crippen molar-refractivity contribution in [2.45, 2.75) is 0 Å². The number of benzene rings is 1. The lowest BCUT2D eigenvalue weighted by Gasteiger charge is -2.01. The molecule has 0 aliphatic rings. The Hall–Kier alpha value is -1.69. The maximum absolute atomic E-state index is 10.6. The molecule has 0 saturated heterocycles. The van der Waals surface area contributed by atoms with Crippen molar-refractivity contribution in [3.8, 4) is 5.75 Å². The van der Waals surface area contributed by atoms with Crippen LogP contribution in [0.15, 0.2) is 18.2 Å². The standard InChI is InChI=1S/C10H8BrNO4/c11-3-1-2-7-4-8(6-13)10(14)9(5-7)12(15)16/h1-2,4-6,14H,3H2. The smallest absolute Gasteiger partial charge is 0.312 e. The molecule has 0 bridgehead atoms. The number of carbonyl (C=O) groups is 1. The van der Waals surface area contributed by atoms with Crippen LogP contribution in [0.4, 0.5) is 5.69 Å². The molecule has 0 atom stereocenters. The van der Waals surface area contributed by atoms with Gasteiger partial charge < -0.3 is 5.11 Å². The van der Waals surface area contributed by atoms with Gasteiger partial charge in [0.2, 0.25) is 5.75 Å². The number of allylic oxidation sites excluding steroid dienone is 1. The largest absolute Gasteiger partial charge is 0.502 e. The molecular weight excluding hydrogens is 278 g/mol. The molecule has 1 N–H and O–H groups in total. The van der Waals surface area contributed by atoms with Gasteiger partial charge in [0.25, 0.3) is 0 Å². The van der Waals surface area contributed by atoms with Gasteiger partial charge in [0.1, 0.15) is 0 Å². The number of hydrogen-bond donors (Lipinski definition) is 1. The molecule has 5 nitrogen and oxygen atoms in total. The molecule has 0 aliphatic carbocycles. The molecular formula is C10H8BrNO4. The van der Waals surface area contributed by atoms with Crippen molar-refractivity contribution in [2.75, 3.05) is 5.33 Å². The van der Waals surface area contributed by atoms with Gasteiger partial charge in [-0.2, -0.15) is 0 Å². The predicted octanol–water partition coefficient (Wildman–Crippen LogP) is 2.52. The quantitative estimate of drug-likeness (QED) is 0.399. The van der Waals surface area contributed by atoms with Gasteiger partial charge in [0.05, 0.1) is 10.5 Å². The van der Waals surface area contributed by atoms with E-state index in [1.54, 1.807) is 12.2 Å². The van der Waals surface area contributed by atoms with Crippen molar-refractivity contribution in [2.24, 2.45) is 0 Å². The summed E-state index contributed by atoms with van der Waals surface area (Å²) in [5.41, 5.74) is -0.0757. The molecule has 0 aromatic heterocycles. The summed E-state index contributed by atoms with van der Waals surface area (Å²) in [6.45, 7) is 0. The number of halogens is 1. The Morgan fingerprint density at radius 2 is 2.19 bits per heavy atom. The Balaban J connectivity index is 3.33. The number of alkyl halides is 1.